The van der Waals surface area contributed by atoms with E-state index >= 15 is 0 Å². The molecule has 100 valence electrons. The predicted octanol–water partition coefficient (Wildman–Crippen LogP) is 3.26. The first-order valence-electron chi connectivity index (χ1n) is 6.10. The summed E-state index contributed by atoms with van der Waals surface area (Å²) >= 11 is 0. The lowest BCUT2D eigenvalue weighted by Gasteiger charge is -2.12. The summed E-state index contributed by atoms with van der Waals surface area (Å²) in [6, 6.07) is 11.0. The zero-order valence-corrected chi connectivity index (χ0v) is 11.2. The second kappa shape index (κ2) is 5.49. The molecule has 2 aromatic rings. The van der Waals surface area contributed by atoms with Crippen LogP contribution in [0.5, 0.6) is 0 Å². The predicted molar refractivity (Wildman–Crippen MR) is 74.3 cm³/mol. The summed E-state index contributed by atoms with van der Waals surface area (Å²) in [4.78, 5) is 14.2. The molecular formula is C15H13N3O2. The number of aryl methyl sites for hydroxylation is 2. The van der Waals surface area contributed by atoms with E-state index in [0.29, 0.717) is 5.69 Å². The fourth-order valence-electron chi connectivity index (χ4n) is 2.12. The first-order valence-corrected chi connectivity index (χ1v) is 6.10. The summed E-state index contributed by atoms with van der Waals surface area (Å²) in [6.07, 6.45) is 1.18. The Labute approximate surface area is 116 Å². The van der Waals surface area contributed by atoms with Gasteiger partial charge >= 0.3 is 0 Å². The van der Waals surface area contributed by atoms with Crippen LogP contribution in [0.2, 0.25) is 0 Å². The van der Waals surface area contributed by atoms with E-state index in [1.165, 1.54) is 18.3 Å². The molecule has 0 bridgehead atoms. The van der Waals surface area contributed by atoms with E-state index in [2.05, 4.69) is 11.1 Å². The van der Waals surface area contributed by atoms with Gasteiger partial charge in [0.2, 0.25) is 0 Å². The molecule has 0 aliphatic rings. The van der Waals surface area contributed by atoms with E-state index in [-0.39, 0.29) is 5.69 Å². The highest BCUT2D eigenvalue weighted by molar-refractivity contribution is 5.42. The topological polar surface area (TPSA) is 79.8 Å². The van der Waals surface area contributed by atoms with Crippen molar-refractivity contribution in [2.75, 3.05) is 0 Å². The van der Waals surface area contributed by atoms with Gasteiger partial charge in [0.15, 0.2) is 0 Å². The molecular weight excluding hydrogens is 254 g/mol. The van der Waals surface area contributed by atoms with Gasteiger partial charge in [-0.15, -0.1) is 0 Å². The molecule has 5 heteroatoms. The molecule has 1 heterocycles. The Kier molecular flexibility index (Phi) is 3.76. The van der Waals surface area contributed by atoms with E-state index in [9.17, 15) is 15.4 Å². The molecule has 0 spiro atoms. The van der Waals surface area contributed by atoms with Gasteiger partial charge in [-0.25, -0.2) is 0 Å². The van der Waals surface area contributed by atoms with Crippen molar-refractivity contribution in [3.05, 3.63) is 69.0 Å². The molecule has 2 rings (SSSR count). The third-order valence-corrected chi connectivity index (χ3v) is 3.14. The van der Waals surface area contributed by atoms with Gasteiger partial charge in [-0.3, -0.25) is 15.1 Å². The van der Waals surface area contributed by atoms with Gasteiger partial charge in [0.1, 0.15) is 12.1 Å². The van der Waals surface area contributed by atoms with Crippen LogP contribution in [0.25, 0.3) is 0 Å². The molecule has 0 amide bonds. The molecule has 0 N–H and O–H groups in total. The monoisotopic (exact) mass is 267 g/mol. The number of nitriles is 1. The molecule has 1 unspecified atom stereocenters. The minimum atomic E-state index is -0.517. The average molecular weight is 267 g/mol. The lowest BCUT2D eigenvalue weighted by Crippen LogP contribution is -2.04. The van der Waals surface area contributed by atoms with Gasteiger partial charge in [-0.1, -0.05) is 23.8 Å². The van der Waals surface area contributed by atoms with Crippen molar-refractivity contribution in [1.29, 1.82) is 5.26 Å². The number of hydrogen-bond donors (Lipinski definition) is 0. The lowest BCUT2D eigenvalue weighted by molar-refractivity contribution is -0.385. The van der Waals surface area contributed by atoms with Gasteiger partial charge in [0.05, 0.1) is 16.7 Å². The Balaban J connectivity index is 2.42. The number of nitro groups is 1. The number of pyridine rings is 1. The molecule has 0 aliphatic carbocycles. The Morgan fingerprint density at radius 1 is 1.30 bits per heavy atom. The van der Waals surface area contributed by atoms with Crippen LogP contribution in [0.4, 0.5) is 5.69 Å². The summed E-state index contributed by atoms with van der Waals surface area (Å²) in [6.45, 7) is 3.93. The maximum absolute atomic E-state index is 10.6. The van der Waals surface area contributed by atoms with Crippen LogP contribution in [0.15, 0.2) is 36.5 Å². The number of benzene rings is 1. The number of rotatable bonds is 3. The highest BCUT2D eigenvalue weighted by atomic mass is 16.6. The van der Waals surface area contributed by atoms with Gasteiger partial charge < -0.3 is 0 Å². The van der Waals surface area contributed by atoms with Gasteiger partial charge in [-0.05, 0) is 31.0 Å². The fraction of sp³-hybridized carbons (Fsp3) is 0.200. The van der Waals surface area contributed by atoms with Crippen molar-refractivity contribution >= 4 is 5.69 Å². The standard InChI is InChI=1S/C15H13N3O2/c1-10-3-5-13(11(2)7-10)14(8-16)15-6-4-12(9-17-15)18(19)20/h3-7,9,14H,1-2H3. The molecule has 0 aliphatic heterocycles. The van der Waals surface area contributed by atoms with Crippen LogP contribution < -0.4 is 0 Å². The van der Waals surface area contributed by atoms with Crippen LogP contribution >= 0.6 is 0 Å². The highest BCUT2D eigenvalue weighted by Crippen LogP contribution is 2.26. The van der Waals surface area contributed by atoms with E-state index in [4.69, 9.17) is 0 Å². The molecule has 5 nitrogen and oxygen atoms in total. The van der Waals surface area contributed by atoms with Crippen LogP contribution in [0.1, 0.15) is 28.3 Å². The maximum atomic E-state index is 10.6. The summed E-state index contributed by atoms with van der Waals surface area (Å²) in [5, 5.41) is 20.0. The lowest BCUT2D eigenvalue weighted by atomic mass is 9.92. The van der Waals surface area contributed by atoms with Crippen LogP contribution in [-0.2, 0) is 0 Å². The van der Waals surface area contributed by atoms with E-state index < -0.39 is 10.8 Å². The normalized spacial score (nSPS) is 11.7. The molecule has 0 saturated carbocycles. The highest BCUT2D eigenvalue weighted by Gasteiger charge is 2.18. The van der Waals surface area contributed by atoms with Crippen LogP contribution in [0.3, 0.4) is 0 Å². The van der Waals surface area contributed by atoms with E-state index in [1.54, 1.807) is 0 Å². The van der Waals surface area contributed by atoms with Gasteiger partial charge in [0, 0.05) is 6.07 Å². The average Bonchev–Trinajstić information content (AvgIpc) is 2.42. The molecule has 0 fully saturated rings. The van der Waals surface area contributed by atoms with Crippen molar-refractivity contribution in [1.82, 2.24) is 4.98 Å². The first-order chi connectivity index (χ1) is 9.52. The minimum Gasteiger partial charge on any atom is -0.258 e. The van der Waals surface area contributed by atoms with Crippen molar-refractivity contribution in [3.63, 3.8) is 0 Å². The third-order valence-electron chi connectivity index (χ3n) is 3.14. The number of aromatic nitrogens is 1. The Morgan fingerprint density at radius 2 is 2.05 bits per heavy atom. The zero-order valence-electron chi connectivity index (χ0n) is 11.2. The SMILES string of the molecule is Cc1ccc(C(C#N)c2ccc([N+](=O)[O-])cn2)c(C)c1. The van der Waals surface area contributed by atoms with Crippen LogP contribution in [-0.4, -0.2) is 9.91 Å². The van der Waals surface area contributed by atoms with Crippen molar-refractivity contribution in [3.8, 4) is 6.07 Å². The van der Waals surface area contributed by atoms with Gasteiger partial charge in [-0.2, -0.15) is 5.26 Å². The molecule has 1 aromatic carbocycles. The number of hydrogen-bond acceptors (Lipinski definition) is 4. The van der Waals surface area contributed by atoms with E-state index in [1.807, 2.05) is 32.0 Å². The summed E-state index contributed by atoms with van der Waals surface area (Å²) < 4.78 is 0. The largest absolute Gasteiger partial charge is 0.287 e. The second-order valence-corrected chi connectivity index (χ2v) is 4.62. The number of nitrogens with zero attached hydrogens (tertiary/aromatic N) is 3. The molecule has 0 saturated heterocycles. The molecule has 1 aromatic heterocycles. The van der Waals surface area contributed by atoms with Gasteiger partial charge in [0.25, 0.3) is 5.69 Å². The minimum absolute atomic E-state index is 0.0777. The van der Waals surface area contributed by atoms with Crippen LogP contribution in [0, 0.1) is 35.3 Å². The van der Waals surface area contributed by atoms with Crippen molar-refractivity contribution in [2.24, 2.45) is 0 Å². The third kappa shape index (κ3) is 2.64. The summed E-state index contributed by atoms with van der Waals surface area (Å²) in [5.41, 5.74) is 3.45. The maximum Gasteiger partial charge on any atom is 0.287 e. The van der Waals surface area contributed by atoms with Crippen molar-refractivity contribution < 1.29 is 4.92 Å². The molecule has 1 atom stereocenters. The Bertz CT molecular complexity index is 687. The quantitative estimate of drug-likeness (QED) is 0.631. The molecule has 20 heavy (non-hydrogen) atoms. The zero-order chi connectivity index (χ0) is 14.7. The second-order valence-electron chi connectivity index (χ2n) is 4.62. The Morgan fingerprint density at radius 3 is 2.55 bits per heavy atom. The smallest absolute Gasteiger partial charge is 0.258 e. The summed E-state index contributed by atoms with van der Waals surface area (Å²) in [7, 11) is 0. The van der Waals surface area contributed by atoms with Crippen molar-refractivity contribution in [2.45, 2.75) is 19.8 Å². The fourth-order valence-corrected chi connectivity index (χ4v) is 2.12. The summed E-state index contributed by atoms with van der Waals surface area (Å²) in [5.74, 6) is -0.517. The molecule has 0 radical (unpaired) electrons. The van der Waals surface area contributed by atoms with E-state index in [0.717, 1.165) is 16.7 Å². The first kappa shape index (κ1) is 13.7. The Hall–Kier alpha value is -2.74.